The van der Waals surface area contributed by atoms with Crippen LogP contribution in [0.3, 0.4) is 0 Å². The van der Waals surface area contributed by atoms with Gasteiger partial charge in [-0.15, -0.1) is 0 Å². The molecule has 1 amide bonds. The van der Waals surface area contributed by atoms with E-state index in [1.165, 1.54) is 61.5 Å². The molecule has 0 radical (unpaired) electrons. The summed E-state index contributed by atoms with van der Waals surface area (Å²) in [4.78, 5) is 22.6. The van der Waals surface area contributed by atoms with Crippen LogP contribution in [-0.2, 0) is 14.8 Å². The largest absolute Gasteiger partial charge is 0.484 e. The van der Waals surface area contributed by atoms with Crippen LogP contribution < -0.4 is 14.8 Å². The van der Waals surface area contributed by atoms with Crippen molar-refractivity contribution in [2.75, 3.05) is 16.6 Å². The second kappa shape index (κ2) is 10.1. The molecule has 0 atom stereocenters. The van der Waals surface area contributed by atoms with Gasteiger partial charge < -0.3 is 10.1 Å². The molecule has 3 rings (SSSR count). The molecule has 3 aromatic rings. The topological polar surface area (TPSA) is 128 Å². The number of nitrogens with one attached hydrogen (secondary N) is 2. The van der Waals surface area contributed by atoms with Crippen molar-refractivity contribution in [3.05, 3.63) is 86.4 Å². The maximum atomic E-state index is 12.6. The molecule has 0 bridgehead atoms. The van der Waals surface area contributed by atoms with E-state index in [1.807, 2.05) is 0 Å². The Morgan fingerprint density at radius 2 is 1.70 bits per heavy atom. The average molecular weight is 510 g/mol. The van der Waals surface area contributed by atoms with E-state index in [0.717, 1.165) is 0 Å². The van der Waals surface area contributed by atoms with Gasteiger partial charge in [-0.1, -0.05) is 29.3 Å². The second-order valence-electron chi connectivity index (χ2n) is 6.78. The van der Waals surface area contributed by atoms with Crippen molar-refractivity contribution in [2.45, 2.75) is 11.8 Å². The molecule has 0 spiro atoms. The SMILES string of the molecule is Cc1c(NC(=O)COc2ccc(S(=O)(=O)Nc3cc(Cl)cc(Cl)c3)cc2)cccc1[N+](=O)[O-]. The van der Waals surface area contributed by atoms with Gasteiger partial charge in [-0.05, 0) is 55.5 Å². The number of halogens is 2. The minimum absolute atomic E-state index is 0.0392. The fourth-order valence-corrected chi connectivity index (χ4v) is 4.40. The summed E-state index contributed by atoms with van der Waals surface area (Å²) in [6, 6.07) is 14.1. The zero-order chi connectivity index (χ0) is 24.2. The number of amides is 1. The lowest BCUT2D eigenvalue weighted by atomic mass is 10.1. The number of benzene rings is 3. The highest BCUT2D eigenvalue weighted by Crippen LogP contribution is 2.26. The lowest BCUT2D eigenvalue weighted by Gasteiger charge is -2.11. The maximum Gasteiger partial charge on any atom is 0.274 e. The van der Waals surface area contributed by atoms with Gasteiger partial charge in [-0.2, -0.15) is 0 Å². The van der Waals surface area contributed by atoms with Gasteiger partial charge in [0.15, 0.2) is 6.61 Å². The molecule has 0 heterocycles. The Morgan fingerprint density at radius 3 is 2.30 bits per heavy atom. The lowest BCUT2D eigenvalue weighted by molar-refractivity contribution is -0.385. The molecular formula is C21H17Cl2N3O6S. The molecule has 3 aromatic carbocycles. The molecule has 172 valence electrons. The van der Waals surface area contributed by atoms with Crippen molar-refractivity contribution in [3.8, 4) is 5.75 Å². The third-order valence-electron chi connectivity index (χ3n) is 4.39. The van der Waals surface area contributed by atoms with E-state index in [4.69, 9.17) is 27.9 Å². The quantitative estimate of drug-likeness (QED) is 0.323. The fraction of sp³-hybridized carbons (Fsp3) is 0.0952. The first-order valence-corrected chi connectivity index (χ1v) is 11.5. The van der Waals surface area contributed by atoms with Crippen LogP contribution in [0.15, 0.2) is 65.6 Å². The Labute approximate surface area is 199 Å². The molecule has 0 unspecified atom stereocenters. The van der Waals surface area contributed by atoms with Crippen molar-refractivity contribution in [1.29, 1.82) is 0 Å². The van der Waals surface area contributed by atoms with Crippen LogP contribution in [0.5, 0.6) is 5.75 Å². The summed E-state index contributed by atoms with van der Waals surface area (Å²) in [5.41, 5.74) is 0.713. The first-order chi connectivity index (χ1) is 15.5. The highest BCUT2D eigenvalue weighted by molar-refractivity contribution is 7.92. The number of carbonyl (C=O) groups is 1. The Kier molecular flexibility index (Phi) is 7.42. The molecule has 12 heteroatoms. The van der Waals surface area contributed by atoms with Crippen LogP contribution in [-0.4, -0.2) is 25.9 Å². The fourth-order valence-electron chi connectivity index (χ4n) is 2.83. The molecule has 0 saturated carbocycles. The molecule has 33 heavy (non-hydrogen) atoms. The first-order valence-electron chi connectivity index (χ1n) is 9.31. The number of sulfonamides is 1. The maximum absolute atomic E-state index is 12.6. The van der Waals surface area contributed by atoms with E-state index < -0.39 is 20.9 Å². The number of nitrogens with zero attached hydrogens (tertiary/aromatic N) is 1. The number of ether oxygens (including phenoxy) is 1. The van der Waals surface area contributed by atoms with Gasteiger partial charge in [0.05, 0.1) is 26.8 Å². The summed E-state index contributed by atoms with van der Waals surface area (Å²) in [5.74, 6) is -0.277. The number of nitro groups is 1. The van der Waals surface area contributed by atoms with Crippen LogP contribution in [0.1, 0.15) is 5.56 Å². The van der Waals surface area contributed by atoms with E-state index in [0.29, 0.717) is 11.3 Å². The van der Waals surface area contributed by atoms with Crippen molar-refractivity contribution in [1.82, 2.24) is 0 Å². The standard InChI is InChI=1S/C21H17Cl2N3O6S/c1-13-19(3-2-4-20(13)26(28)29)24-21(27)12-32-17-5-7-18(8-6-17)33(30,31)25-16-10-14(22)9-15(23)11-16/h2-11,25H,12H2,1H3,(H,24,27). The third kappa shape index (κ3) is 6.35. The number of hydrogen-bond acceptors (Lipinski definition) is 6. The number of hydrogen-bond donors (Lipinski definition) is 2. The molecule has 9 nitrogen and oxygen atoms in total. The van der Waals surface area contributed by atoms with Gasteiger partial charge in [0.1, 0.15) is 5.75 Å². The highest BCUT2D eigenvalue weighted by atomic mass is 35.5. The molecule has 0 aromatic heterocycles. The van der Waals surface area contributed by atoms with Crippen molar-refractivity contribution >= 4 is 56.2 Å². The Balaban J connectivity index is 1.62. The van der Waals surface area contributed by atoms with E-state index in [2.05, 4.69) is 10.0 Å². The van der Waals surface area contributed by atoms with Crippen LogP contribution >= 0.6 is 23.2 Å². The molecule has 0 aliphatic heterocycles. The molecule has 0 aliphatic rings. The Hall–Kier alpha value is -3.34. The Morgan fingerprint density at radius 1 is 1.06 bits per heavy atom. The van der Waals surface area contributed by atoms with Gasteiger partial charge >= 0.3 is 0 Å². The first kappa shape index (κ1) is 24.3. The van der Waals surface area contributed by atoms with E-state index in [9.17, 15) is 23.3 Å². The summed E-state index contributed by atoms with van der Waals surface area (Å²) < 4.78 is 32.9. The minimum Gasteiger partial charge on any atom is -0.484 e. The van der Waals surface area contributed by atoms with Gasteiger partial charge in [0, 0.05) is 16.1 Å². The van der Waals surface area contributed by atoms with E-state index in [-0.39, 0.29) is 38.7 Å². The van der Waals surface area contributed by atoms with E-state index in [1.54, 1.807) is 6.07 Å². The number of rotatable bonds is 8. The van der Waals surface area contributed by atoms with Crippen molar-refractivity contribution < 1.29 is 22.9 Å². The summed E-state index contributed by atoms with van der Waals surface area (Å²) in [6.07, 6.45) is 0. The number of anilines is 2. The smallest absolute Gasteiger partial charge is 0.274 e. The molecule has 0 aliphatic carbocycles. The monoisotopic (exact) mass is 509 g/mol. The normalized spacial score (nSPS) is 11.0. The molecule has 2 N–H and O–H groups in total. The third-order valence-corrected chi connectivity index (χ3v) is 6.23. The Bertz CT molecular complexity index is 1290. The number of carbonyl (C=O) groups excluding carboxylic acids is 1. The van der Waals surface area contributed by atoms with Gasteiger partial charge in [-0.3, -0.25) is 19.6 Å². The molecule has 0 fully saturated rings. The average Bonchev–Trinajstić information content (AvgIpc) is 2.73. The zero-order valence-corrected chi connectivity index (χ0v) is 19.4. The highest BCUT2D eigenvalue weighted by Gasteiger charge is 2.17. The summed E-state index contributed by atoms with van der Waals surface area (Å²) in [6.45, 7) is 1.15. The second-order valence-corrected chi connectivity index (χ2v) is 9.33. The summed E-state index contributed by atoms with van der Waals surface area (Å²) in [5, 5.41) is 14.1. The van der Waals surface area contributed by atoms with Crippen molar-refractivity contribution in [2.24, 2.45) is 0 Å². The number of nitro benzene ring substituents is 1. The van der Waals surface area contributed by atoms with Crippen LogP contribution in [0.4, 0.5) is 17.1 Å². The van der Waals surface area contributed by atoms with Gasteiger partial charge in [0.25, 0.3) is 21.6 Å². The summed E-state index contributed by atoms with van der Waals surface area (Å²) in [7, 11) is -3.91. The molecular weight excluding hydrogens is 493 g/mol. The summed E-state index contributed by atoms with van der Waals surface area (Å²) >= 11 is 11.8. The minimum atomic E-state index is -3.91. The van der Waals surface area contributed by atoms with Crippen LogP contribution in [0.25, 0.3) is 0 Å². The zero-order valence-electron chi connectivity index (χ0n) is 17.0. The molecule has 0 saturated heterocycles. The van der Waals surface area contributed by atoms with Crippen LogP contribution in [0, 0.1) is 17.0 Å². The predicted octanol–water partition coefficient (Wildman–Crippen LogP) is 5.03. The van der Waals surface area contributed by atoms with Gasteiger partial charge in [0.2, 0.25) is 0 Å². The lowest BCUT2D eigenvalue weighted by Crippen LogP contribution is -2.21. The van der Waals surface area contributed by atoms with E-state index >= 15 is 0 Å². The van der Waals surface area contributed by atoms with Gasteiger partial charge in [-0.25, -0.2) is 8.42 Å². The van der Waals surface area contributed by atoms with Crippen LogP contribution in [0.2, 0.25) is 10.0 Å². The predicted molar refractivity (Wildman–Crippen MR) is 126 cm³/mol. The van der Waals surface area contributed by atoms with Crippen molar-refractivity contribution in [3.63, 3.8) is 0 Å².